The van der Waals surface area contributed by atoms with Crippen LogP contribution in [0, 0.1) is 5.82 Å². The second-order valence-electron chi connectivity index (χ2n) is 6.78. The fourth-order valence-electron chi connectivity index (χ4n) is 3.21. The number of nitrogens with one attached hydrogen (secondary N) is 2. The van der Waals surface area contributed by atoms with Crippen LogP contribution >= 0.6 is 11.6 Å². The monoisotopic (exact) mass is 453 g/mol. The molecule has 160 valence electrons. The number of sulfonamides is 1. The molecule has 1 fully saturated rings. The Kier molecular flexibility index (Phi) is 7.06. The van der Waals surface area contributed by atoms with E-state index in [0.29, 0.717) is 23.4 Å². The van der Waals surface area contributed by atoms with Gasteiger partial charge in [-0.15, -0.1) is 0 Å². The van der Waals surface area contributed by atoms with Crippen LogP contribution < -0.4 is 10.6 Å². The zero-order chi connectivity index (χ0) is 21.7. The van der Waals surface area contributed by atoms with Gasteiger partial charge in [0.1, 0.15) is 11.9 Å². The van der Waals surface area contributed by atoms with Crippen LogP contribution in [0.25, 0.3) is 0 Å². The third kappa shape index (κ3) is 5.16. The first kappa shape index (κ1) is 22.2. The van der Waals surface area contributed by atoms with Crippen molar-refractivity contribution in [1.29, 1.82) is 0 Å². The fourth-order valence-corrected chi connectivity index (χ4v) is 5.00. The predicted octanol–water partition coefficient (Wildman–Crippen LogP) is 2.18. The summed E-state index contributed by atoms with van der Waals surface area (Å²) < 4.78 is 39.9. The number of nitrogens with zero attached hydrogens (tertiary/aromatic N) is 1. The largest absolute Gasteiger partial charge is 0.353 e. The molecule has 2 N–H and O–H groups in total. The van der Waals surface area contributed by atoms with Crippen LogP contribution in [-0.2, 0) is 14.8 Å². The van der Waals surface area contributed by atoms with Crippen molar-refractivity contribution in [2.75, 3.05) is 19.6 Å². The summed E-state index contributed by atoms with van der Waals surface area (Å²) in [6, 6.07) is 10.1. The Labute approximate surface area is 179 Å². The van der Waals surface area contributed by atoms with Gasteiger partial charge in [-0.05, 0) is 61.4 Å². The second kappa shape index (κ2) is 9.55. The summed E-state index contributed by atoms with van der Waals surface area (Å²) in [6.07, 6.45) is 0.993. The van der Waals surface area contributed by atoms with Crippen molar-refractivity contribution in [3.05, 3.63) is 64.9 Å². The third-order valence-corrected chi connectivity index (χ3v) is 6.92. The Morgan fingerprint density at radius 2 is 1.67 bits per heavy atom. The van der Waals surface area contributed by atoms with Gasteiger partial charge in [-0.1, -0.05) is 11.6 Å². The Balaban J connectivity index is 1.53. The van der Waals surface area contributed by atoms with Gasteiger partial charge in [0.2, 0.25) is 15.9 Å². The molecule has 0 spiro atoms. The van der Waals surface area contributed by atoms with Gasteiger partial charge in [-0.25, -0.2) is 12.8 Å². The zero-order valence-electron chi connectivity index (χ0n) is 16.0. The van der Waals surface area contributed by atoms with Gasteiger partial charge >= 0.3 is 0 Å². The molecule has 30 heavy (non-hydrogen) atoms. The number of hydrogen-bond donors (Lipinski definition) is 2. The topological polar surface area (TPSA) is 95.6 Å². The number of amides is 2. The summed E-state index contributed by atoms with van der Waals surface area (Å²) in [5.74, 6) is -1.24. The van der Waals surface area contributed by atoms with E-state index in [1.807, 2.05) is 0 Å². The molecule has 0 aromatic heterocycles. The molecule has 0 bridgehead atoms. The summed E-state index contributed by atoms with van der Waals surface area (Å²) in [4.78, 5) is 24.6. The number of carbonyl (C=O) groups is 2. The first-order chi connectivity index (χ1) is 14.3. The zero-order valence-corrected chi connectivity index (χ0v) is 17.5. The highest BCUT2D eigenvalue weighted by molar-refractivity contribution is 7.89. The SMILES string of the molecule is O=C(NCCNC(=O)[C@H]1CCCN1S(=O)(=O)c1ccc(Cl)cc1)c1ccc(F)cc1. The van der Waals surface area contributed by atoms with Gasteiger partial charge in [0.25, 0.3) is 5.91 Å². The Bertz CT molecular complexity index is 1010. The molecule has 2 aromatic carbocycles. The standard InChI is InChI=1S/C20H21ClFN3O4S/c21-15-5-9-17(10-6-15)30(28,29)25-13-1-2-18(25)20(27)24-12-11-23-19(26)14-3-7-16(22)8-4-14/h3-10,18H,1-2,11-13H2,(H,23,26)(H,24,27)/t18-/m1/s1. The molecule has 7 nitrogen and oxygen atoms in total. The average Bonchev–Trinajstić information content (AvgIpc) is 3.23. The van der Waals surface area contributed by atoms with Gasteiger partial charge in [0.15, 0.2) is 0 Å². The number of carbonyl (C=O) groups excluding carboxylic acids is 2. The third-order valence-electron chi connectivity index (χ3n) is 4.74. The first-order valence-corrected chi connectivity index (χ1v) is 11.2. The van der Waals surface area contributed by atoms with Crippen molar-refractivity contribution in [3.8, 4) is 0 Å². The minimum Gasteiger partial charge on any atom is -0.353 e. The molecule has 0 unspecified atom stereocenters. The minimum absolute atomic E-state index is 0.0816. The lowest BCUT2D eigenvalue weighted by atomic mass is 10.2. The number of rotatable bonds is 7. The highest BCUT2D eigenvalue weighted by atomic mass is 35.5. The van der Waals surface area contributed by atoms with Crippen molar-refractivity contribution in [3.63, 3.8) is 0 Å². The molecule has 1 heterocycles. The molecule has 0 radical (unpaired) electrons. The van der Waals surface area contributed by atoms with Crippen LogP contribution in [0.4, 0.5) is 4.39 Å². The predicted molar refractivity (Wildman–Crippen MR) is 110 cm³/mol. The van der Waals surface area contributed by atoms with E-state index >= 15 is 0 Å². The van der Waals surface area contributed by atoms with E-state index in [0.717, 1.165) is 0 Å². The quantitative estimate of drug-likeness (QED) is 0.628. The average molecular weight is 454 g/mol. The van der Waals surface area contributed by atoms with Gasteiger partial charge in [-0.3, -0.25) is 9.59 Å². The molecule has 1 aliphatic rings. The number of halogens is 2. The van der Waals surface area contributed by atoms with E-state index in [1.165, 1.54) is 52.8 Å². The lowest BCUT2D eigenvalue weighted by Crippen LogP contribution is -2.47. The van der Waals surface area contributed by atoms with E-state index in [4.69, 9.17) is 11.6 Å². The lowest BCUT2D eigenvalue weighted by molar-refractivity contribution is -0.124. The molecule has 2 amide bonds. The number of hydrogen-bond acceptors (Lipinski definition) is 4. The summed E-state index contributed by atoms with van der Waals surface area (Å²) in [5.41, 5.74) is 0.304. The highest BCUT2D eigenvalue weighted by Gasteiger charge is 2.39. The second-order valence-corrected chi connectivity index (χ2v) is 9.11. The molecular weight excluding hydrogens is 433 g/mol. The molecule has 0 aliphatic carbocycles. The Morgan fingerprint density at radius 3 is 2.33 bits per heavy atom. The first-order valence-electron chi connectivity index (χ1n) is 9.38. The van der Waals surface area contributed by atoms with Gasteiger partial charge in [0.05, 0.1) is 4.90 Å². The Morgan fingerprint density at radius 1 is 1.03 bits per heavy atom. The maximum absolute atomic E-state index is 12.9. The summed E-state index contributed by atoms with van der Waals surface area (Å²) in [7, 11) is -3.82. The molecule has 1 atom stereocenters. The van der Waals surface area contributed by atoms with Crippen LogP contribution in [0.1, 0.15) is 23.2 Å². The van der Waals surface area contributed by atoms with E-state index in [9.17, 15) is 22.4 Å². The van der Waals surface area contributed by atoms with E-state index in [-0.39, 0.29) is 24.5 Å². The summed E-state index contributed by atoms with van der Waals surface area (Å²) in [6.45, 7) is 0.542. The maximum Gasteiger partial charge on any atom is 0.251 e. The van der Waals surface area contributed by atoms with Crippen LogP contribution in [-0.4, -0.2) is 50.2 Å². The van der Waals surface area contributed by atoms with Crippen LogP contribution in [0.2, 0.25) is 5.02 Å². The van der Waals surface area contributed by atoms with Crippen LogP contribution in [0.15, 0.2) is 53.4 Å². The molecule has 0 saturated carbocycles. The van der Waals surface area contributed by atoms with Crippen LogP contribution in [0.5, 0.6) is 0 Å². The molecule has 3 rings (SSSR count). The van der Waals surface area contributed by atoms with E-state index in [1.54, 1.807) is 0 Å². The van der Waals surface area contributed by atoms with Gasteiger partial charge in [0, 0.05) is 30.2 Å². The van der Waals surface area contributed by atoms with E-state index in [2.05, 4.69) is 10.6 Å². The maximum atomic E-state index is 12.9. The van der Waals surface area contributed by atoms with Gasteiger partial charge in [-0.2, -0.15) is 4.31 Å². The number of benzene rings is 2. The van der Waals surface area contributed by atoms with Crippen molar-refractivity contribution in [1.82, 2.24) is 14.9 Å². The van der Waals surface area contributed by atoms with Gasteiger partial charge < -0.3 is 10.6 Å². The van der Waals surface area contributed by atoms with E-state index < -0.39 is 33.7 Å². The molecule has 10 heteroatoms. The molecular formula is C20H21ClFN3O4S. The molecule has 1 saturated heterocycles. The normalized spacial score (nSPS) is 16.9. The summed E-state index contributed by atoms with van der Waals surface area (Å²) in [5, 5.41) is 5.70. The summed E-state index contributed by atoms with van der Waals surface area (Å²) >= 11 is 5.82. The van der Waals surface area contributed by atoms with Crippen LogP contribution in [0.3, 0.4) is 0 Å². The smallest absolute Gasteiger partial charge is 0.251 e. The minimum atomic E-state index is -3.82. The molecule has 2 aromatic rings. The highest BCUT2D eigenvalue weighted by Crippen LogP contribution is 2.27. The fraction of sp³-hybridized carbons (Fsp3) is 0.300. The molecule has 1 aliphatic heterocycles. The Hall–Kier alpha value is -2.49. The van der Waals surface area contributed by atoms with Crippen molar-refractivity contribution in [2.24, 2.45) is 0 Å². The van der Waals surface area contributed by atoms with Crippen molar-refractivity contribution in [2.45, 2.75) is 23.8 Å². The van der Waals surface area contributed by atoms with Crippen molar-refractivity contribution >= 4 is 33.4 Å². The lowest BCUT2D eigenvalue weighted by Gasteiger charge is -2.23. The van der Waals surface area contributed by atoms with Crippen molar-refractivity contribution < 1.29 is 22.4 Å².